The maximum absolute atomic E-state index is 8.38. The van der Waals surface area contributed by atoms with E-state index in [0.717, 1.165) is 61.0 Å². The van der Waals surface area contributed by atoms with E-state index in [1.165, 1.54) is 11.8 Å². The molecule has 0 bridgehead atoms. The summed E-state index contributed by atoms with van der Waals surface area (Å²) in [6.45, 7) is 15.0. The number of nitrogens with zero attached hydrogens (tertiary/aromatic N) is 2. The number of rotatable bonds is 7. The van der Waals surface area contributed by atoms with Gasteiger partial charge in [0.05, 0.1) is 5.58 Å². The SMILES string of the molecule is [2H]C([2H])([2H])c1c[c-]c(-c2ccc(C(C)(C)C)cn2)cc1-c1ccccc1.[2H]C([2H])([2H])c1cnc(-c2[c-]ccc3c2oc2ccccc23)cc1-c1c(C(C)C)cc(C(C)C)cc1C(C)C.[Ir]. The van der Waals surface area contributed by atoms with Crippen molar-refractivity contribution in [3.05, 3.63) is 167 Å². The summed E-state index contributed by atoms with van der Waals surface area (Å²) in [6.07, 6.45) is 3.40. The molecule has 0 fully saturated rings. The van der Waals surface area contributed by atoms with Crippen LogP contribution in [0.15, 0.2) is 126 Å². The molecule has 0 aliphatic rings. The van der Waals surface area contributed by atoms with Crippen LogP contribution >= 0.6 is 0 Å². The van der Waals surface area contributed by atoms with Crippen LogP contribution in [0.4, 0.5) is 0 Å². The predicted molar refractivity (Wildman–Crippen MR) is 246 cm³/mol. The summed E-state index contributed by atoms with van der Waals surface area (Å²) in [5, 5.41) is 2.02. The van der Waals surface area contributed by atoms with E-state index in [1.54, 1.807) is 6.07 Å². The van der Waals surface area contributed by atoms with Crippen molar-refractivity contribution in [2.24, 2.45) is 0 Å². The molecule has 0 N–H and O–H groups in total. The Balaban J connectivity index is 0.000000227. The normalized spacial score (nSPS) is 13.6. The summed E-state index contributed by atoms with van der Waals surface area (Å²) in [4.78, 5) is 9.24. The van der Waals surface area contributed by atoms with Gasteiger partial charge in [-0.2, -0.15) is 0 Å². The number of hydrogen-bond donors (Lipinski definition) is 0. The van der Waals surface area contributed by atoms with Crippen molar-refractivity contribution < 1.29 is 32.7 Å². The molecule has 0 atom stereocenters. The van der Waals surface area contributed by atoms with Gasteiger partial charge in [0, 0.05) is 46.1 Å². The van der Waals surface area contributed by atoms with Crippen molar-refractivity contribution >= 4 is 21.9 Å². The molecular weight excluding hydrogens is 897 g/mol. The van der Waals surface area contributed by atoms with Gasteiger partial charge in [0.15, 0.2) is 0 Å². The second-order valence-electron chi connectivity index (χ2n) is 17.1. The number of benzene rings is 5. The predicted octanol–water partition coefficient (Wildman–Crippen LogP) is 15.6. The molecule has 3 aromatic heterocycles. The Morgan fingerprint density at radius 3 is 1.95 bits per heavy atom. The zero-order chi connectivity index (χ0) is 46.3. The number of furan rings is 1. The summed E-state index contributed by atoms with van der Waals surface area (Å²) < 4.78 is 54.9. The molecule has 0 amide bonds. The summed E-state index contributed by atoms with van der Waals surface area (Å²) >= 11 is 0. The maximum Gasteiger partial charge on any atom is 0.120 e. The molecule has 3 nitrogen and oxygen atoms in total. The van der Waals surface area contributed by atoms with Crippen LogP contribution in [-0.4, -0.2) is 9.97 Å². The van der Waals surface area contributed by atoms with Gasteiger partial charge in [0.25, 0.3) is 0 Å². The minimum atomic E-state index is -2.31. The quantitative estimate of drug-likeness (QED) is 0.149. The molecule has 0 aliphatic heterocycles. The van der Waals surface area contributed by atoms with Crippen molar-refractivity contribution in [1.29, 1.82) is 0 Å². The van der Waals surface area contributed by atoms with Crippen LogP contribution in [0, 0.1) is 25.8 Å². The van der Waals surface area contributed by atoms with Crippen LogP contribution in [-0.2, 0) is 25.5 Å². The molecular formula is C55H56IrN2O-2. The molecule has 4 heteroatoms. The van der Waals surface area contributed by atoms with Crippen LogP contribution in [0.25, 0.3) is 66.7 Å². The molecule has 8 aromatic rings. The molecule has 59 heavy (non-hydrogen) atoms. The third-order valence-corrected chi connectivity index (χ3v) is 10.8. The van der Waals surface area contributed by atoms with E-state index in [2.05, 4.69) is 103 Å². The Bertz CT molecular complexity index is 2890. The molecule has 0 saturated heterocycles. The molecule has 0 aliphatic carbocycles. The fraction of sp³-hybridized carbons (Fsp3) is 0.273. The van der Waals surface area contributed by atoms with Gasteiger partial charge in [-0.25, -0.2) is 0 Å². The van der Waals surface area contributed by atoms with Gasteiger partial charge >= 0.3 is 0 Å². The largest absolute Gasteiger partial charge is 0.501 e. The zero-order valence-electron chi connectivity index (χ0n) is 41.4. The number of fused-ring (bicyclic) bond motifs is 3. The van der Waals surface area contributed by atoms with Gasteiger partial charge in [-0.05, 0) is 92.0 Å². The van der Waals surface area contributed by atoms with Crippen LogP contribution in [0.1, 0.15) is 122 Å². The van der Waals surface area contributed by atoms with Gasteiger partial charge in [-0.3, -0.25) is 0 Å². The second-order valence-corrected chi connectivity index (χ2v) is 17.1. The summed E-state index contributed by atoms with van der Waals surface area (Å²) in [5.74, 6) is 0.801. The monoisotopic (exact) mass is 959 g/mol. The van der Waals surface area contributed by atoms with Crippen LogP contribution in [0.5, 0.6) is 0 Å². The third-order valence-electron chi connectivity index (χ3n) is 10.8. The smallest absolute Gasteiger partial charge is 0.120 e. The standard InChI is InChI=1S/C33H34NO.C22H22N.Ir/c1-19(2)23-15-27(20(3)4)32(28(16-23)21(5)6)29-17-30(34-18-22(29)7)26-13-10-12-25-24-11-8-9-14-31(24)35-33(25)26;1-16-10-11-18(14-20(16)17-8-6-5-7-9-17)21-13-12-19(15-23-21)22(2,3)4;/h8-12,14-21H,1-7H3;5-10,12-15H,1-4H3;/q2*-1;/i7D3;1D3;. The first kappa shape index (κ1) is 35.8. The van der Waals surface area contributed by atoms with Gasteiger partial charge < -0.3 is 14.4 Å². The van der Waals surface area contributed by atoms with Crippen molar-refractivity contribution in [1.82, 2.24) is 9.97 Å². The Morgan fingerprint density at radius 1 is 0.644 bits per heavy atom. The zero-order valence-corrected chi connectivity index (χ0v) is 37.8. The van der Waals surface area contributed by atoms with Crippen molar-refractivity contribution in [3.63, 3.8) is 0 Å². The fourth-order valence-electron chi connectivity index (χ4n) is 7.44. The summed E-state index contributed by atoms with van der Waals surface area (Å²) in [6, 6.07) is 41.8. The van der Waals surface area contributed by atoms with Crippen LogP contribution in [0.2, 0.25) is 0 Å². The van der Waals surface area contributed by atoms with Gasteiger partial charge in [0.2, 0.25) is 0 Å². The van der Waals surface area contributed by atoms with Crippen molar-refractivity contribution in [2.75, 3.05) is 0 Å². The number of aryl methyl sites for hydroxylation is 2. The number of para-hydroxylation sites is 1. The van der Waals surface area contributed by atoms with Gasteiger partial charge in [-0.1, -0.05) is 165 Å². The molecule has 1 radical (unpaired) electrons. The van der Waals surface area contributed by atoms with E-state index < -0.39 is 13.7 Å². The number of aromatic nitrogens is 2. The molecule has 5 aromatic carbocycles. The van der Waals surface area contributed by atoms with E-state index in [-0.39, 0.29) is 42.9 Å². The Labute approximate surface area is 374 Å². The van der Waals surface area contributed by atoms with E-state index in [0.29, 0.717) is 33.9 Å². The molecule has 0 spiro atoms. The fourth-order valence-corrected chi connectivity index (χ4v) is 7.44. The van der Waals surface area contributed by atoms with E-state index in [4.69, 9.17) is 12.6 Å². The summed E-state index contributed by atoms with van der Waals surface area (Å²) in [7, 11) is 0. The minimum Gasteiger partial charge on any atom is -0.501 e. The topological polar surface area (TPSA) is 38.9 Å². The van der Waals surface area contributed by atoms with Crippen LogP contribution in [0.3, 0.4) is 0 Å². The van der Waals surface area contributed by atoms with Gasteiger partial charge in [-0.15, -0.1) is 47.5 Å². The molecule has 3 heterocycles. The van der Waals surface area contributed by atoms with E-state index in [9.17, 15) is 0 Å². The third kappa shape index (κ3) is 9.20. The molecule has 0 unspecified atom stereocenters. The number of hydrogen-bond acceptors (Lipinski definition) is 3. The summed E-state index contributed by atoms with van der Waals surface area (Å²) in [5.41, 5.74) is 13.1. The first-order valence-electron chi connectivity index (χ1n) is 23.2. The Hall–Kier alpha value is -5.15. The molecule has 303 valence electrons. The van der Waals surface area contributed by atoms with Gasteiger partial charge in [0.1, 0.15) is 5.58 Å². The van der Waals surface area contributed by atoms with E-state index in [1.807, 2.05) is 91.1 Å². The van der Waals surface area contributed by atoms with Crippen molar-refractivity contribution in [2.45, 2.75) is 99.2 Å². The maximum atomic E-state index is 8.38. The first-order valence-corrected chi connectivity index (χ1v) is 20.2. The Kier molecular flexibility index (Phi) is 10.9. The second kappa shape index (κ2) is 18.0. The first-order chi connectivity index (χ1) is 30.1. The minimum absolute atomic E-state index is 0. The molecule has 8 rings (SSSR count). The number of pyridine rings is 2. The average molecular weight is 959 g/mol. The van der Waals surface area contributed by atoms with Crippen molar-refractivity contribution in [3.8, 4) is 44.8 Å². The Morgan fingerprint density at radius 2 is 1.32 bits per heavy atom. The average Bonchev–Trinajstić information content (AvgIpc) is 3.64. The molecule has 0 saturated carbocycles. The van der Waals surface area contributed by atoms with Crippen LogP contribution < -0.4 is 0 Å². The van der Waals surface area contributed by atoms with E-state index >= 15 is 0 Å².